The van der Waals surface area contributed by atoms with Gasteiger partial charge < -0.3 is 15.0 Å². The van der Waals surface area contributed by atoms with Gasteiger partial charge in [-0.3, -0.25) is 9.59 Å². The van der Waals surface area contributed by atoms with Gasteiger partial charge in [-0.05, 0) is 53.5 Å². The Hall–Kier alpha value is -2.08. The van der Waals surface area contributed by atoms with Crippen molar-refractivity contribution in [3.63, 3.8) is 0 Å². The van der Waals surface area contributed by atoms with Gasteiger partial charge >= 0.3 is 0 Å². The number of carbonyl (C=O) groups is 2. The topological polar surface area (TPSA) is 71.2 Å². The summed E-state index contributed by atoms with van der Waals surface area (Å²) < 4.78 is 6.01. The van der Waals surface area contributed by atoms with Gasteiger partial charge in [0.2, 0.25) is 0 Å². The van der Waals surface area contributed by atoms with Gasteiger partial charge in [-0.25, -0.2) is 0 Å². The molecule has 5 nitrogen and oxygen atoms in total. The standard InChI is InChI=1S/C16H17BrN2O3/c1-9(11-4-5-15(22-3)13(17)6-11)19-16(21)14-7-12(8-18-14)10(2)20/h4-9,18H,1-3H3,(H,19,21)/t9-/m1/s1. The number of halogens is 1. The Morgan fingerprint density at radius 2 is 2.05 bits per heavy atom. The number of carbonyl (C=O) groups excluding carboxylic acids is 2. The third-order valence-corrected chi connectivity index (χ3v) is 3.98. The number of ether oxygens (including phenoxy) is 1. The SMILES string of the molecule is COc1ccc([C@@H](C)NC(=O)c2cc(C(C)=O)c[nH]2)cc1Br. The average Bonchev–Trinajstić information content (AvgIpc) is 2.97. The summed E-state index contributed by atoms with van der Waals surface area (Å²) in [4.78, 5) is 26.2. The first-order valence-corrected chi connectivity index (χ1v) is 7.55. The Kier molecular flexibility index (Phi) is 5.03. The van der Waals surface area contributed by atoms with Crippen molar-refractivity contribution < 1.29 is 14.3 Å². The summed E-state index contributed by atoms with van der Waals surface area (Å²) in [5, 5.41) is 2.89. The smallest absolute Gasteiger partial charge is 0.268 e. The van der Waals surface area contributed by atoms with Crippen molar-refractivity contribution in [3.05, 3.63) is 51.8 Å². The number of benzene rings is 1. The molecular formula is C16H17BrN2O3. The molecule has 0 aliphatic rings. The molecule has 0 aliphatic carbocycles. The average molecular weight is 365 g/mol. The van der Waals surface area contributed by atoms with Gasteiger partial charge in [-0.2, -0.15) is 0 Å². The van der Waals surface area contributed by atoms with Crippen molar-refractivity contribution in [2.24, 2.45) is 0 Å². The van der Waals surface area contributed by atoms with Crippen LogP contribution in [0.4, 0.5) is 0 Å². The highest BCUT2D eigenvalue weighted by atomic mass is 79.9. The first-order chi connectivity index (χ1) is 10.4. The highest BCUT2D eigenvalue weighted by Crippen LogP contribution is 2.28. The molecule has 22 heavy (non-hydrogen) atoms. The molecular weight excluding hydrogens is 348 g/mol. The number of amides is 1. The number of aromatic nitrogens is 1. The van der Waals surface area contributed by atoms with E-state index in [2.05, 4.69) is 26.2 Å². The van der Waals surface area contributed by atoms with E-state index in [0.717, 1.165) is 15.8 Å². The van der Waals surface area contributed by atoms with Crippen molar-refractivity contribution in [3.8, 4) is 5.75 Å². The van der Waals surface area contributed by atoms with Crippen LogP contribution < -0.4 is 10.1 Å². The van der Waals surface area contributed by atoms with Crippen molar-refractivity contribution in [2.45, 2.75) is 19.9 Å². The van der Waals surface area contributed by atoms with E-state index in [4.69, 9.17) is 4.74 Å². The number of rotatable bonds is 5. The minimum absolute atomic E-state index is 0.0811. The molecule has 116 valence electrons. The molecule has 1 atom stereocenters. The van der Waals surface area contributed by atoms with Crippen molar-refractivity contribution in [2.75, 3.05) is 7.11 Å². The summed E-state index contributed by atoms with van der Waals surface area (Å²) in [6.07, 6.45) is 1.53. The minimum atomic E-state index is -0.257. The number of aromatic amines is 1. The highest BCUT2D eigenvalue weighted by Gasteiger charge is 2.15. The molecule has 0 aliphatic heterocycles. The predicted molar refractivity (Wildman–Crippen MR) is 87.4 cm³/mol. The van der Waals surface area contributed by atoms with Crippen LogP contribution in [0.1, 0.15) is 46.3 Å². The Balaban J connectivity index is 2.10. The fourth-order valence-corrected chi connectivity index (χ4v) is 2.60. The molecule has 0 unspecified atom stereocenters. The zero-order valence-electron chi connectivity index (χ0n) is 12.6. The summed E-state index contributed by atoms with van der Waals surface area (Å²) >= 11 is 3.42. The molecule has 2 rings (SSSR count). The first-order valence-electron chi connectivity index (χ1n) is 6.76. The zero-order valence-corrected chi connectivity index (χ0v) is 14.2. The molecule has 0 fully saturated rings. The van der Waals surface area contributed by atoms with Crippen LogP contribution >= 0.6 is 15.9 Å². The maximum atomic E-state index is 12.2. The number of H-pyrrole nitrogens is 1. The summed E-state index contributed by atoms with van der Waals surface area (Å²) in [6, 6.07) is 7.00. The van der Waals surface area contributed by atoms with Gasteiger partial charge in [0.25, 0.3) is 5.91 Å². The fraction of sp³-hybridized carbons (Fsp3) is 0.250. The second-order valence-corrected chi connectivity index (χ2v) is 5.80. The Morgan fingerprint density at radius 1 is 1.32 bits per heavy atom. The van der Waals surface area contributed by atoms with E-state index in [1.807, 2.05) is 25.1 Å². The van der Waals surface area contributed by atoms with Gasteiger partial charge in [0.15, 0.2) is 5.78 Å². The molecule has 2 aromatic rings. The summed E-state index contributed by atoms with van der Waals surface area (Å²) in [7, 11) is 1.60. The third-order valence-electron chi connectivity index (χ3n) is 3.36. The maximum absolute atomic E-state index is 12.2. The largest absolute Gasteiger partial charge is 0.496 e. The normalized spacial score (nSPS) is 11.8. The van der Waals surface area contributed by atoms with Crippen LogP contribution in [0.5, 0.6) is 5.75 Å². The van der Waals surface area contributed by atoms with Gasteiger partial charge in [0, 0.05) is 11.8 Å². The van der Waals surface area contributed by atoms with E-state index in [0.29, 0.717) is 11.3 Å². The summed E-state index contributed by atoms with van der Waals surface area (Å²) in [5.41, 5.74) is 1.80. The zero-order chi connectivity index (χ0) is 16.3. The predicted octanol–water partition coefficient (Wildman–Crippen LogP) is 3.48. The first kappa shape index (κ1) is 16.3. The lowest BCUT2D eigenvalue weighted by molar-refractivity contribution is 0.0935. The molecule has 0 spiro atoms. The summed E-state index contributed by atoms with van der Waals surface area (Å²) in [5.74, 6) is 0.395. The number of methoxy groups -OCH3 is 1. The van der Waals surface area contributed by atoms with E-state index < -0.39 is 0 Å². The lowest BCUT2D eigenvalue weighted by atomic mass is 10.1. The number of hydrogen-bond donors (Lipinski definition) is 2. The van der Waals surface area contributed by atoms with Crippen LogP contribution in [0, 0.1) is 0 Å². The summed E-state index contributed by atoms with van der Waals surface area (Å²) in [6.45, 7) is 3.35. The second kappa shape index (κ2) is 6.79. The van der Waals surface area contributed by atoms with Crippen LogP contribution in [0.15, 0.2) is 34.9 Å². The molecule has 0 saturated carbocycles. The molecule has 6 heteroatoms. The van der Waals surface area contributed by atoms with Gasteiger partial charge in [-0.1, -0.05) is 6.07 Å². The Labute approximate surface area is 137 Å². The van der Waals surface area contributed by atoms with E-state index >= 15 is 0 Å². The van der Waals surface area contributed by atoms with E-state index in [1.165, 1.54) is 13.1 Å². The van der Waals surface area contributed by atoms with Crippen LogP contribution in [0.3, 0.4) is 0 Å². The van der Waals surface area contributed by atoms with Gasteiger partial charge in [0.1, 0.15) is 11.4 Å². The van der Waals surface area contributed by atoms with Crippen molar-refractivity contribution in [1.82, 2.24) is 10.3 Å². The molecule has 2 N–H and O–H groups in total. The molecule has 1 aromatic heterocycles. The lowest BCUT2D eigenvalue weighted by Crippen LogP contribution is -2.26. The minimum Gasteiger partial charge on any atom is -0.496 e. The number of nitrogens with one attached hydrogen (secondary N) is 2. The second-order valence-electron chi connectivity index (χ2n) is 4.95. The Morgan fingerprint density at radius 3 is 2.59 bits per heavy atom. The molecule has 1 amide bonds. The van der Waals surface area contributed by atoms with E-state index in [9.17, 15) is 9.59 Å². The monoisotopic (exact) mass is 364 g/mol. The lowest BCUT2D eigenvalue weighted by Gasteiger charge is -2.15. The maximum Gasteiger partial charge on any atom is 0.268 e. The molecule has 1 aromatic carbocycles. The number of hydrogen-bond acceptors (Lipinski definition) is 3. The van der Waals surface area contributed by atoms with Crippen molar-refractivity contribution in [1.29, 1.82) is 0 Å². The Bertz CT molecular complexity index is 709. The third kappa shape index (κ3) is 3.57. The molecule has 0 radical (unpaired) electrons. The molecule has 0 saturated heterocycles. The van der Waals surface area contributed by atoms with Gasteiger partial charge in [0.05, 0.1) is 17.6 Å². The number of Topliss-reactive ketones (excluding diaryl/α,β-unsaturated/α-hetero) is 1. The quantitative estimate of drug-likeness (QED) is 0.797. The van der Waals surface area contributed by atoms with Crippen molar-refractivity contribution >= 4 is 27.6 Å². The number of ketones is 1. The van der Waals surface area contributed by atoms with Crippen LogP contribution in [0.2, 0.25) is 0 Å². The van der Waals surface area contributed by atoms with Gasteiger partial charge in [-0.15, -0.1) is 0 Å². The molecule has 0 bridgehead atoms. The van der Waals surface area contributed by atoms with Crippen LogP contribution in [-0.2, 0) is 0 Å². The van der Waals surface area contributed by atoms with Crippen LogP contribution in [-0.4, -0.2) is 23.8 Å². The van der Waals surface area contributed by atoms with E-state index in [1.54, 1.807) is 13.2 Å². The van der Waals surface area contributed by atoms with Crippen LogP contribution in [0.25, 0.3) is 0 Å². The fourth-order valence-electron chi connectivity index (χ4n) is 2.04. The highest BCUT2D eigenvalue weighted by molar-refractivity contribution is 9.10. The van der Waals surface area contributed by atoms with E-state index in [-0.39, 0.29) is 17.7 Å². The molecule has 1 heterocycles.